The van der Waals surface area contributed by atoms with E-state index in [1.807, 2.05) is 34.8 Å². The van der Waals surface area contributed by atoms with E-state index in [1.54, 1.807) is 42.2 Å². The number of halogens is 1. The maximum atomic E-state index is 16.6. The number of H-pyrrole nitrogens is 1. The number of fused-ring (bicyclic) bond motifs is 2. The summed E-state index contributed by atoms with van der Waals surface area (Å²) in [6.45, 7) is 0.439. The van der Waals surface area contributed by atoms with Crippen LogP contribution >= 0.6 is 11.3 Å². The Hall–Kier alpha value is -4.64. The number of nitrogens with zero attached hydrogens (tertiary/aromatic N) is 5. The summed E-state index contributed by atoms with van der Waals surface area (Å²) in [5, 5.41) is 10.2. The van der Waals surface area contributed by atoms with E-state index in [1.165, 1.54) is 6.20 Å². The highest BCUT2D eigenvalue weighted by atomic mass is 32.1. The van der Waals surface area contributed by atoms with Gasteiger partial charge in [-0.3, -0.25) is 14.8 Å². The van der Waals surface area contributed by atoms with Gasteiger partial charge in [0.1, 0.15) is 23.0 Å². The Bertz CT molecular complexity index is 1790. The van der Waals surface area contributed by atoms with E-state index >= 15 is 4.39 Å². The fraction of sp³-hybridized carbons (Fsp3) is 0.233. The number of nitrogens with one attached hydrogen (secondary N) is 3. The molecule has 41 heavy (non-hydrogen) atoms. The van der Waals surface area contributed by atoms with Crippen LogP contribution in [-0.2, 0) is 4.79 Å². The lowest BCUT2D eigenvalue weighted by atomic mass is 10.00. The third kappa shape index (κ3) is 4.61. The number of thiophene rings is 1. The molecular weight excluding hydrogens is 539 g/mol. The van der Waals surface area contributed by atoms with E-state index in [0.29, 0.717) is 46.2 Å². The summed E-state index contributed by atoms with van der Waals surface area (Å²) in [6.07, 6.45) is 12.1. The summed E-state index contributed by atoms with van der Waals surface area (Å²) >= 11 is 1.59. The zero-order chi connectivity index (χ0) is 27.9. The van der Waals surface area contributed by atoms with E-state index in [9.17, 15) is 4.79 Å². The van der Waals surface area contributed by atoms with Gasteiger partial charge >= 0.3 is 0 Å². The number of carbonyl (C=O) groups is 1. The van der Waals surface area contributed by atoms with Gasteiger partial charge in [0.25, 0.3) is 0 Å². The number of aromatic amines is 1. The van der Waals surface area contributed by atoms with Gasteiger partial charge in [-0.2, -0.15) is 11.3 Å². The minimum absolute atomic E-state index is 0.0129. The number of carbonyl (C=O) groups excluding carboxylic acids is 1. The fourth-order valence-corrected chi connectivity index (χ4v) is 6.23. The van der Waals surface area contributed by atoms with Crippen LogP contribution in [0.5, 0.6) is 0 Å². The predicted octanol–water partition coefficient (Wildman–Crippen LogP) is 5.80. The number of hydrogen-bond donors (Lipinski definition) is 3. The van der Waals surface area contributed by atoms with E-state index in [-0.39, 0.29) is 17.4 Å². The van der Waals surface area contributed by atoms with Crippen molar-refractivity contribution < 1.29 is 9.18 Å². The Morgan fingerprint density at radius 3 is 2.85 bits per heavy atom. The van der Waals surface area contributed by atoms with Gasteiger partial charge in [-0.05, 0) is 36.4 Å². The number of pyridine rings is 3. The maximum Gasteiger partial charge on any atom is 0.227 e. The predicted molar refractivity (Wildman–Crippen MR) is 159 cm³/mol. The molecule has 1 saturated carbocycles. The van der Waals surface area contributed by atoms with Crippen LogP contribution in [0.25, 0.3) is 39.0 Å². The van der Waals surface area contributed by atoms with E-state index in [4.69, 9.17) is 4.98 Å². The largest absolute Gasteiger partial charge is 0.373 e. The molecular formula is C30H27FN8OS. The molecule has 1 fully saturated rings. The highest BCUT2D eigenvalue weighted by molar-refractivity contribution is 7.08. The molecule has 9 nitrogen and oxygen atoms in total. The first-order chi connectivity index (χ1) is 20.1. The molecule has 0 bridgehead atoms. The molecule has 11 heteroatoms. The Kier molecular flexibility index (Phi) is 6.43. The first-order valence-electron chi connectivity index (χ1n) is 13.5. The van der Waals surface area contributed by atoms with Crippen LogP contribution in [0, 0.1) is 11.7 Å². The third-order valence-electron chi connectivity index (χ3n) is 7.69. The molecule has 1 aliphatic carbocycles. The van der Waals surface area contributed by atoms with Gasteiger partial charge in [-0.25, -0.2) is 14.4 Å². The van der Waals surface area contributed by atoms with Crippen molar-refractivity contribution >= 4 is 45.4 Å². The highest BCUT2D eigenvalue weighted by Gasteiger charge is 2.27. The summed E-state index contributed by atoms with van der Waals surface area (Å²) in [4.78, 5) is 36.4. The molecule has 0 unspecified atom stereocenters. The van der Waals surface area contributed by atoms with Crippen molar-refractivity contribution in [2.45, 2.75) is 25.7 Å². The Balaban J connectivity index is 1.30. The Morgan fingerprint density at radius 1 is 1.15 bits per heavy atom. The van der Waals surface area contributed by atoms with Crippen LogP contribution in [0.4, 0.5) is 15.9 Å². The number of aromatic nitrogens is 5. The van der Waals surface area contributed by atoms with Crippen LogP contribution in [0.2, 0.25) is 0 Å². The number of imidazole rings is 1. The summed E-state index contributed by atoms with van der Waals surface area (Å²) in [7, 11) is 1.85. The molecule has 2 aliphatic rings. The minimum atomic E-state index is -0.450. The summed E-state index contributed by atoms with van der Waals surface area (Å²) in [5.41, 5.74) is 5.46. The molecule has 1 aliphatic heterocycles. The first kappa shape index (κ1) is 25.3. The molecule has 206 valence electrons. The summed E-state index contributed by atoms with van der Waals surface area (Å²) < 4.78 is 16.6. The van der Waals surface area contributed by atoms with Crippen molar-refractivity contribution in [2.75, 3.05) is 23.9 Å². The average Bonchev–Trinajstić information content (AvgIpc) is 3.76. The SMILES string of the molecule is CN1CNC=C(c2nc3c(-c4ccsc4)nccc3[nH]2)c2c1ncc(-c1cncc(NC(=O)C3CCCC3)c1)c2F. The van der Waals surface area contributed by atoms with Crippen LogP contribution in [0.1, 0.15) is 37.1 Å². The second-order valence-electron chi connectivity index (χ2n) is 10.4. The monoisotopic (exact) mass is 566 g/mol. The zero-order valence-electron chi connectivity index (χ0n) is 22.3. The van der Waals surface area contributed by atoms with Gasteiger partial charge in [-0.1, -0.05) is 12.8 Å². The Morgan fingerprint density at radius 2 is 2.02 bits per heavy atom. The van der Waals surface area contributed by atoms with Crippen molar-refractivity contribution in [2.24, 2.45) is 5.92 Å². The van der Waals surface area contributed by atoms with Crippen molar-refractivity contribution in [1.82, 2.24) is 30.2 Å². The molecule has 5 aromatic rings. The van der Waals surface area contributed by atoms with Crippen molar-refractivity contribution in [3.05, 3.63) is 77.2 Å². The fourth-order valence-electron chi connectivity index (χ4n) is 5.59. The summed E-state index contributed by atoms with van der Waals surface area (Å²) in [6, 6.07) is 5.61. The van der Waals surface area contributed by atoms with Gasteiger partial charge in [0, 0.05) is 65.4 Å². The summed E-state index contributed by atoms with van der Waals surface area (Å²) in [5.74, 6) is 0.537. The second-order valence-corrected chi connectivity index (χ2v) is 11.2. The quantitative estimate of drug-likeness (QED) is 0.247. The minimum Gasteiger partial charge on any atom is -0.373 e. The maximum absolute atomic E-state index is 16.6. The van der Waals surface area contributed by atoms with Crippen molar-refractivity contribution in [1.29, 1.82) is 0 Å². The first-order valence-corrected chi connectivity index (χ1v) is 14.5. The topological polar surface area (TPSA) is 112 Å². The lowest BCUT2D eigenvalue weighted by Crippen LogP contribution is -2.27. The van der Waals surface area contributed by atoms with Crippen molar-refractivity contribution in [3.63, 3.8) is 0 Å². The molecule has 0 atom stereocenters. The number of rotatable bonds is 5. The second kappa shape index (κ2) is 10.4. The van der Waals surface area contributed by atoms with Crippen LogP contribution in [-0.4, -0.2) is 44.5 Å². The molecule has 7 rings (SSSR count). The molecule has 5 aromatic heterocycles. The van der Waals surface area contributed by atoms with Crippen LogP contribution in [0.3, 0.4) is 0 Å². The molecule has 6 heterocycles. The number of anilines is 2. The van der Waals surface area contributed by atoms with Gasteiger partial charge in [0.15, 0.2) is 0 Å². The van der Waals surface area contributed by atoms with E-state index in [2.05, 4.69) is 30.6 Å². The smallest absolute Gasteiger partial charge is 0.227 e. The molecule has 0 spiro atoms. The molecule has 3 N–H and O–H groups in total. The lowest BCUT2D eigenvalue weighted by molar-refractivity contribution is -0.119. The molecule has 1 amide bonds. The highest BCUT2D eigenvalue weighted by Crippen LogP contribution is 2.38. The normalized spacial score (nSPS) is 15.4. The molecule has 0 saturated heterocycles. The third-order valence-corrected chi connectivity index (χ3v) is 8.38. The molecule has 0 radical (unpaired) electrons. The lowest BCUT2D eigenvalue weighted by Gasteiger charge is -2.20. The van der Waals surface area contributed by atoms with E-state index < -0.39 is 5.82 Å². The van der Waals surface area contributed by atoms with Crippen molar-refractivity contribution in [3.8, 4) is 22.4 Å². The van der Waals surface area contributed by atoms with E-state index in [0.717, 1.165) is 42.5 Å². The average molecular weight is 567 g/mol. The number of amides is 1. The number of hydrogen-bond acceptors (Lipinski definition) is 8. The standard InChI is InChI=1S/C30H27FN8OS/c1-39-16-33-13-22(28-37-23-6-8-34-26(27(23)38-28)18-7-9-41-15-18)24-25(31)21(14-35-29(24)39)19-10-20(12-32-11-19)36-30(40)17-4-2-3-5-17/h6-15,17,33H,2-5,16H2,1H3,(H,36,40)(H,37,38). The van der Waals surface area contributed by atoms with Gasteiger partial charge in [-0.15, -0.1) is 0 Å². The Labute approximate surface area is 239 Å². The van der Waals surface area contributed by atoms with Crippen LogP contribution in [0.15, 0.2) is 59.9 Å². The molecule has 0 aromatic carbocycles. The van der Waals surface area contributed by atoms with Gasteiger partial charge in [0.05, 0.1) is 35.3 Å². The zero-order valence-corrected chi connectivity index (χ0v) is 23.1. The van der Waals surface area contributed by atoms with Gasteiger partial charge < -0.3 is 20.5 Å². The van der Waals surface area contributed by atoms with Gasteiger partial charge in [0.2, 0.25) is 5.91 Å². The van der Waals surface area contributed by atoms with Crippen LogP contribution < -0.4 is 15.5 Å².